The molecule has 0 atom stereocenters. The molecule has 1 aromatic rings. The number of hydrogen-bond acceptors (Lipinski definition) is 4. The van der Waals surface area contributed by atoms with Crippen molar-refractivity contribution in [2.24, 2.45) is 4.99 Å². The number of nitrogens with one attached hydrogen (secondary N) is 1. The van der Waals surface area contributed by atoms with Gasteiger partial charge in [0, 0.05) is 45.3 Å². The van der Waals surface area contributed by atoms with Crippen LogP contribution in [-0.4, -0.2) is 61.7 Å². The smallest absolute Gasteiger partial charge is 0.409 e. The molecule has 0 radical (unpaired) electrons. The van der Waals surface area contributed by atoms with Gasteiger partial charge in [-0.25, -0.2) is 9.18 Å². The lowest BCUT2D eigenvalue weighted by atomic mass is 10.1. The summed E-state index contributed by atoms with van der Waals surface area (Å²) in [4.78, 5) is 19.6. The fourth-order valence-corrected chi connectivity index (χ4v) is 2.60. The van der Waals surface area contributed by atoms with Gasteiger partial charge < -0.3 is 19.9 Å². The average Bonchev–Trinajstić information content (AvgIpc) is 2.64. The van der Waals surface area contributed by atoms with Crippen molar-refractivity contribution in [3.05, 3.63) is 35.1 Å². The summed E-state index contributed by atoms with van der Waals surface area (Å²) in [7, 11) is 1.65. The van der Waals surface area contributed by atoms with Gasteiger partial charge in [-0.1, -0.05) is 0 Å². The number of hydrogen-bond donors (Lipinski definition) is 1. The molecule has 1 heterocycles. The summed E-state index contributed by atoms with van der Waals surface area (Å²) in [5.41, 5.74) is 0.821. The Hall–Kier alpha value is -2.82. The molecule has 1 aliphatic heterocycles. The quantitative estimate of drug-likeness (QED) is 0.663. The highest BCUT2D eigenvalue weighted by Crippen LogP contribution is 2.10. The molecule has 1 aliphatic rings. The summed E-state index contributed by atoms with van der Waals surface area (Å²) in [5, 5.41) is 12.0. The van der Waals surface area contributed by atoms with Crippen molar-refractivity contribution in [1.29, 1.82) is 5.26 Å². The summed E-state index contributed by atoms with van der Waals surface area (Å²) in [6.45, 7) is 4.66. The van der Waals surface area contributed by atoms with Crippen LogP contribution in [0.2, 0.25) is 0 Å². The number of nitriles is 1. The van der Waals surface area contributed by atoms with E-state index in [9.17, 15) is 9.18 Å². The van der Waals surface area contributed by atoms with E-state index in [4.69, 9.17) is 10.00 Å². The molecule has 0 aromatic heterocycles. The summed E-state index contributed by atoms with van der Waals surface area (Å²) in [5.74, 6) is 0.263. The van der Waals surface area contributed by atoms with E-state index in [2.05, 4.69) is 10.3 Å². The third kappa shape index (κ3) is 4.83. The van der Waals surface area contributed by atoms with E-state index in [1.165, 1.54) is 18.2 Å². The Labute approximate surface area is 146 Å². The minimum absolute atomic E-state index is 0.228. The number of piperazine rings is 1. The number of amides is 1. The molecule has 1 saturated heterocycles. The second kappa shape index (κ2) is 8.87. The third-order valence-corrected chi connectivity index (χ3v) is 3.93. The molecule has 8 heteroatoms. The zero-order chi connectivity index (χ0) is 18.2. The monoisotopic (exact) mass is 347 g/mol. The molecule has 0 spiro atoms. The zero-order valence-corrected chi connectivity index (χ0v) is 14.5. The second-order valence-electron chi connectivity index (χ2n) is 5.49. The zero-order valence-electron chi connectivity index (χ0n) is 14.5. The Bertz CT molecular complexity index is 678. The highest BCUT2D eigenvalue weighted by Gasteiger charge is 2.23. The number of nitrogens with zero attached hydrogens (tertiary/aromatic N) is 4. The van der Waals surface area contributed by atoms with Crippen LogP contribution in [0.25, 0.3) is 0 Å². The lowest BCUT2D eigenvalue weighted by molar-refractivity contribution is 0.0914. The van der Waals surface area contributed by atoms with Gasteiger partial charge in [0.25, 0.3) is 0 Å². The van der Waals surface area contributed by atoms with Gasteiger partial charge >= 0.3 is 6.09 Å². The number of carbonyl (C=O) groups excluding carboxylic acids is 1. The van der Waals surface area contributed by atoms with Crippen LogP contribution in [0.3, 0.4) is 0 Å². The number of guanidine groups is 1. The SMILES string of the molecule is CCOC(=O)N1CCN(C(=NC)NCc2cc(C#N)ccc2F)CC1. The van der Waals surface area contributed by atoms with E-state index in [-0.39, 0.29) is 18.5 Å². The summed E-state index contributed by atoms with van der Waals surface area (Å²) < 4.78 is 18.9. The van der Waals surface area contributed by atoms with Crippen LogP contribution in [-0.2, 0) is 11.3 Å². The standard InChI is InChI=1S/C17H22FN5O2/c1-3-25-17(24)23-8-6-22(7-9-23)16(20-2)21-12-14-10-13(11-19)4-5-15(14)18/h4-5,10H,3,6-9,12H2,1-2H3,(H,20,21). The van der Waals surface area contributed by atoms with Crippen LogP contribution in [0.5, 0.6) is 0 Å². The molecule has 1 aromatic carbocycles. The van der Waals surface area contributed by atoms with Crippen molar-refractivity contribution >= 4 is 12.1 Å². The van der Waals surface area contributed by atoms with Gasteiger partial charge in [-0.05, 0) is 25.1 Å². The fraction of sp³-hybridized carbons (Fsp3) is 0.471. The number of halogens is 1. The van der Waals surface area contributed by atoms with Crippen LogP contribution in [0.1, 0.15) is 18.1 Å². The van der Waals surface area contributed by atoms with Crippen LogP contribution in [0.4, 0.5) is 9.18 Å². The fourth-order valence-electron chi connectivity index (χ4n) is 2.60. The molecular weight excluding hydrogens is 325 g/mol. The molecule has 1 N–H and O–H groups in total. The third-order valence-electron chi connectivity index (χ3n) is 3.93. The van der Waals surface area contributed by atoms with Crippen LogP contribution >= 0.6 is 0 Å². The Morgan fingerprint density at radius 3 is 2.64 bits per heavy atom. The summed E-state index contributed by atoms with van der Waals surface area (Å²) in [6.07, 6.45) is -0.305. The largest absolute Gasteiger partial charge is 0.450 e. The minimum Gasteiger partial charge on any atom is -0.450 e. The lowest BCUT2D eigenvalue weighted by Crippen LogP contribution is -2.53. The Morgan fingerprint density at radius 1 is 1.36 bits per heavy atom. The van der Waals surface area contributed by atoms with Crippen LogP contribution < -0.4 is 5.32 Å². The van der Waals surface area contributed by atoms with E-state index in [0.29, 0.717) is 49.9 Å². The van der Waals surface area contributed by atoms with Crippen molar-refractivity contribution in [3.63, 3.8) is 0 Å². The van der Waals surface area contributed by atoms with Crippen molar-refractivity contribution in [1.82, 2.24) is 15.1 Å². The molecule has 2 rings (SSSR count). The van der Waals surface area contributed by atoms with E-state index in [0.717, 1.165) is 0 Å². The van der Waals surface area contributed by atoms with E-state index >= 15 is 0 Å². The summed E-state index contributed by atoms with van der Waals surface area (Å²) in [6, 6.07) is 6.26. The Balaban J connectivity index is 1.92. The maximum absolute atomic E-state index is 13.9. The normalized spacial score (nSPS) is 14.9. The molecule has 134 valence electrons. The van der Waals surface area contributed by atoms with Crippen molar-refractivity contribution in [3.8, 4) is 6.07 Å². The molecular formula is C17H22FN5O2. The topological polar surface area (TPSA) is 81.0 Å². The van der Waals surface area contributed by atoms with Gasteiger partial charge in [0.15, 0.2) is 5.96 Å². The number of aliphatic imine (C=N–C) groups is 1. The minimum atomic E-state index is -0.367. The van der Waals surface area contributed by atoms with Crippen molar-refractivity contribution in [2.45, 2.75) is 13.5 Å². The average molecular weight is 347 g/mol. The first-order valence-corrected chi connectivity index (χ1v) is 8.14. The van der Waals surface area contributed by atoms with Crippen molar-refractivity contribution < 1.29 is 13.9 Å². The maximum Gasteiger partial charge on any atom is 0.409 e. The lowest BCUT2D eigenvalue weighted by Gasteiger charge is -2.35. The van der Waals surface area contributed by atoms with Gasteiger partial charge in [-0.3, -0.25) is 4.99 Å². The Kier molecular flexibility index (Phi) is 6.57. The van der Waals surface area contributed by atoms with E-state index in [1.54, 1.807) is 18.9 Å². The number of benzene rings is 1. The van der Waals surface area contributed by atoms with Gasteiger partial charge in [0.2, 0.25) is 0 Å². The summed E-state index contributed by atoms with van der Waals surface area (Å²) >= 11 is 0. The first-order valence-electron chi connectivity index (χ1n) is 8.14. The molecule has 7 nitrogen and oxygen atoms in total. The maximum atomic E-state index is 13.9. The predicted molar refractivity (Wildman–Crippen MR) is 91.5 cm³/mol. The predicted octanol–water partition coefficient (Wildman–Crippen LogP) is 1.55. The molecule has 25 heavy (non-hydrogen) atoms. The van der Waals surface area contributed by atoms with E-state index in [1.807, 2.05) is 11.0 Å². The van der Waals surface area contributed by atoms with Crippen molar-refractivity contribution in [2.75, 3.05) is 39.8 Å². The van der Waals surface area contributed by atoms with E-state index < -0.39 is 0 Å². The van der Waals surface area contributed by atoms with Gasteiger partial charge in [0.05, 0.1) is 18.2 Å². The molecule has 0 bridgehead atoms. The second-order valence-corrected chi connectivity index (χ2v) is 5.49. The first kappa shape index (κ1) is 18.5. The molecule has 1 amide bonds. The molecule has 1 fully saturated rings. The number of ether oxygens (including phenoxy) is 1. The highest BCUT2D eigenvalue weighted by atomic mass is 19.1. The molecule has 0 saturated carbocycles. The number of rotatable bonds is 3. The van der Waals surface area contributed by atoms with Gasteiger partial charge in [-0.15, -0.1) is 0 Å². The van der Waals surface area contributed by atoms with Crippen LogP contribution in [0, 0.1) is 17.1 Å². The number of carbonyl (C=O) groups is 1. The van der Waals surface area contributed by atoms with Crippen LogP contribution in [0.15, 0.2) is 23.2 Å². The Morgan fingerprint density at radius 2 is 2.04 bits per heavy atom. The van der Waals surface area contributed by atoms with Gasteiger partial charge in [-0.2, -0.15) is 5.26 Å². The molecule has 0 aliphatic carbocycles. The van der Waals surface area contributed by atoms with Gasteiger partial charge in [0.1, 0.15) is 5.82 Å². The molecule has 0 unspecified atom stereocenters. The highest BCUT2D eigenvalue weighted by molar-refractivity contribution is 5.80. The first-order chi connectivity index (χ1) is 12.1.